The maximum Gasteiger partial charge on any atom is 0.326 e. The molecular weight excluding hydrogens is 544 g/mol. The van der Waals surface area contributed by atoms with Crippen LogP contribution in [0.4, 0.5) is 19.0 Å². The van der Waals surface area contributed by atoms with Crippen molar-refractivity contribution in [2.75, 3.05) is 12.8 Å². The molecular formula is C28H36F3N4O4P. The zero-order valence-corrected chi connectivity index (χ0v) is 23.9. The lowest BCUT2D eigenvalue weighted by Crippen LogP contribution is -2.24. The van der Waals surface area contributed by atoms with E-state index in [4.69, 9.17) is 15.5 Å². The van der Waals surface area contributed by atoms with Gasteiger partial charge in [-0.15, -0.1) is 0 Å². The molecule has 0 bridgehead atoms. The summed E-state index contributed by atoms with van der Waals surface area (Å²) in [7, 11) is -0.870. The average molecular weight is 581 g/mol. The van der Waals surface area contributed by atoms with E-state index in [0.717, 1.165) is 18.4 Å². The second-order valence-corrected chi connectivity index (χ2v) is 9.81. The van der Waals surface area contributed by atoms with Crippen LogP contribution in [0.1, 0.15) is 72.6 Å². The summed E-state index contributed by atoms with van der Waals surface area (Å²) in [5.41, 5.74) is 8.45. The number of alkyl halides is 1. The summed E-state index contributed by atoms with van der Waals surface area (Å²) < 4.78 is 46.1. The lowest BCUT2D eigenvalue weighted by Gasteiger charge is -2.24. The Hall–Kier alpha value is -3.11. The van der Waals surface area contributed by atoms with Gasteiger partial charge in [-0.05, 0) is 68.0 Å². The molecule has 4 rings (SSSR count). The number of rotatable bonds is 6. The number of nitrogens with one attached hydrogen (secondary N) is 1. The summed E-state index contributed by atoms with van der Waals surface area (Å²) in [5.74, 6) is -1.68. The molecule has 0 radical (unpaired) electrons. The van der Waals surface area contributed by atoms with E-state index in [9.17, 15) is 18.0 Å². The van der Waals surface area contributed by atoms with Gasteiger partial charge >= 0.3 is 8.60 Å². The molecule has 1 aliphatic carbocycles. The van der Waals surface area contributed by atoms with Crippen molar-refractivity contribution in [3.05, 3.63) is 76.6 Å². The van der Waals surface area contributed by atoms with Crippen molar-refractivity contribution in [3.8, 4) is 11.3 Å². The molecule has 1 aromatic heterocycles. The molecule has 2 atom stereocenters. The van der Waals surface area contributed by atoms with Gasteiger partial charge < -0.3 is 25.4 Å². The summed E-state index contributed by atoms with van der Waals surface area (Å²) in [5, 5.41) is 2.60. The van der Waals surface area contributed by atoms with Crippen LogP contribution in [-0.2, 0) is 11.1 Å². The maximum absolute atomic E-state index is 14.8. The fourth-order valence-corrected chi connectivity index (χ4v) is 4.26. The number of nitrogen functional groups attached to an aromatic ring is 1. The second kappa shape index (κ2) is 16.2. The van der Waals surface area contributed by atoms with Gasteiger partial charge in [0.05, 0.1) is 17.5 Å². The van der Waals surface area contributed by atoms with Crippen LogP contribution in [-0.4, -0.2) is 38.9 Å². The van der Waals surface area contributed by atoms with Gasteiger partial charge in [-0.25, -0.2) is 23.1 Å². The molecule has 12 heteroatoms. The number of nitrogens with zero attached hydrogens (tertiary/aromatic N) is 2. The Morgan fingerprint density at radius 2 is 1.88 bits per heavy atom. The van der Waals surface area contributed by atoms with Gasteiger partial charge in [-0.1, -0.05) is 26.0 Å². The number of anilines is 1. The molecule has 1 fully saturated rings. The Balaban J connectivity index is 0.000000722. The summed E-state index contributed by atoms with van der Waals surface area (Å²) >= 11 is 0. The highest BCUT2D eigenvalue weighted by Crippen LogP contribution is 2.35. The van der Waals surface area contributed by atoms with Crippen molar-refractivity contribution in [3.63, 3.8) is 0 Å². The molecule has 0 spiro atoms. The number of benzene rings is 2. The van der Waals surface area contributed by atoms with Crippen molar-refractivity contribution in [2.24, 2.45) is 0 Å². The number of hydrogen-bond donors (Lipinski definition) is 4. The number of aromatic nitrogens is 2. The molecule has 3 aromatic rings. The first-order valence-electron chi connectivity index (χ1n) is 12.9. The number of carbonyl (C=O) groups excluding carboxylic acids is 1. The van der Waals surface area contributed by atoms with Crippen LogP contribution in [0.5, 0.6) is 0 Å². The van der Waals surface area contributed by atoms with E-state index < -0.39 is 32.3 Å². The number of amides is 1. The van der Waals surface area contributed by atoms with Crippen molar-refractivity contribution < 1.29 is 32.3 Å². The van der Waals surface area contributed by atoms with Gasteiger partial charge in [0.1, 0.15) is 29.3 Å². The minimum Gasteiger partial charge on any atom is -0.382 e. The Labute approximate surface area is 233 Å². The van der Waals surface area contributed by atoms with E-state index in [1.165, 1.54) is 31.4 Å². The highest BCUT2D eigenvalue weighted by molar-refractivity contribution is 7.39. The fourth-order valence-electron chi connectivity index (χ4n) is 4.26. The highest BCUT2D eigenvalue weighted by atomic mass is 31.2. The normalized spacial score (nSPS) is 16.4. The Kier molecular flexibility index (Phi) is 13.4. The molecule has 1 heterocycles. The van der Waals surface area contributed by atoms with Crippen LogP contribution in [0.2, 0.25) is 0 Å². The summed E-state index contributed by atoms with van der Waals surface area (Å²) in [6.45, 7) is 5.82. The van der Waals surface area contributed by atoms with Crippen molar-refractivity contribution >= 4 is 20.3 Å². The van der Waals surface area contributed by atoms with E-state index in [1.54, 1.807) is 25.3 Å². The smallest absolute Gasteiger partial charge is 0.326 e. The van der Waals surface area contributed by atoms with Crippen LogP contribution >= 0.6 is 8.60 Å². The fraction of sp³-hybridized carbons (Fsp3) is 0.393. The second-order valence-electron chi connectivity index (χ2n) is 8.94. The lowest BCUT2D eigenvalue weighted by molar-refractivity contribution is 0.0946. The van der Waals surface area contributed by atoms with E-state index in [1.807, 2.05) is 13.8 Å². The number of halogens is 3. The molecule has 40 heavy (non-hydrogen) atoms. The predicted octanol–water partition coefficient (Wildman–Crippen LogP) is 6.11. The highest BCUT2D eigenvalue weighted by Gasteiger charge is 2.25. The van der Waals surface area contributed by atoms with Crippen molar-refractivity contribution in [2.45, 2.75) is 65.1 Å². The number of carbonyl (C=O) groups is 1. The van der Waals surface area contributed by atoms with Crippen LogP contribution in [0, 0.1) is 18.6 Å². The quantitative estimate of drug-likeness (QED) is 0.259. The zero-order chi connectivity index (χ0) is 29.8. The van der Waals surface area contributed by atoms with E-state index in [0.29, 0.717) is 35.4 Å². The van der Waals surface area contributed by atoms with Gasteiger partial charge in [0, 0.05) is 25.1 Å². The molecule has 5 N–H and O–H groups in total. The molecule has 0 saturated heterocycles. The molecule has 1 amide bonds. The minimum atomic E-state index is -2.10. The number of aryl methyl sites for hydroxylation is 1. The average Bonchev–Trinajstić information content (AvgIpc) is 2.93. The standard InChI is InChI=1S/C25H25F3N4O.C2H6.CH5O3P/c1-14-7-15(9-19(27)8-14)12-31-25(33)20-6-5-17(11-21(20)28)23-24(29)30-13-22(32-23)16-3-2-4-18(26)10-16;1-2;1-4-5(2)3/h5-9,11,13,16,18H,2-4,10,12H2,1H3,(H2,29,30)(H,31,33);1-2H3;2-3H,1H3. The van der Waals surface area contributed by atoms with Crippen molar-refractivity contribution in [1.29, 1.82) is 0 Å². The van der Waals surface area contributed by atoms with Crippen molar-refractivity contribution in [1.82, 2.24) is 15.3 Å². The van der Waals surface area contributed by atoms with E-state index in [2.05, 4.69) is 19.8 Å². The predicted molar refractivity (Wildman–Crippen MR) is 150 cm³/mol. The van der Waals surface area contributed by atoms with E-state index in [-0.39, 0.29) is 23.8 Å². The zero-order valence-electron chi connectivity index (χ0n) is 23.0. The number of nitrogens with two attached hydrogens (primary N) is 1. The Morgan fingerprint density at radius 1 is 1.18 bits per heavy atom. The van der Waals surface area contributed by atoms with Gasteiger partial charge in [0.25, 0.3) is 5.91 Å². The first-order valence-corrected chi connectivity index (χ1v) is 14.1. The van der Waals surface area contributed by atoms with Crippen LogP contribution < -0.4 is 11.1 Å². The maximum atomic E-state index is 14.8. The minimum absolute atomic E-state index is 0.0537. The lowest BCUT2D eigenvalue weighted by atomic mass is 9.86. The third-order valence-corrected chi connectivity index (χ3v) is 6.38. The molecule has 1 aliphatic rings. The van der Waals surface area contributed by atoms with Crippen LogP contribution in [0.3, 0.4) is 0 Å². The SMILES string of the molecule is CC.COP(O)O.Cc1cc(F)cc(CNC(=O)c2ccc(-c3nc(C4CCCC(F)C4)cnc3N)cc2F)c1. The Bertz CT molecular complexity index is 1250. The van der Waals surface area contributed by atoms with Gasteiger partial charge in [0.2, 0.25) is 0 Å². The molecule has 2 aromatic carbocycles. The summed E-state index contributed by atoms with van der Waals surface area (Å²) in [6.07, 6.45) is 3.22. The third kappa shape index (κ3) is 9.82. The first kappa shape index (κ1) is 33.1. The Morgan fingerprint density at radius 3 is 2.48 bits per heavy atom. The topological polar surface area (TPSA) is 131 Å². The molecule has 1 saturated carbocycles. The first-order chi connectivity index (χ1) is 19.1. The summed E-state index contributed by atoms with van der Waals surface area (Å²) in [4.78, 5) is 36.7. The summed E-state index contributed by atoms with van der Waals surface area (Å²) in [6, 6.07) is 8.53. The molecule has 0 aliphatic heterocycles. The van der Waals surface area contributed by atoms with Gasteiger partial charge in [-0.2, -0.15) is 0 Å². The molecule has 218 valence electrons. The van der Waals surface area contributed by atoms with Crippen LogP contribution in [0.15, 0.2) is 42.6 Å². The third-order valence-electron chi connectivity index (χ3n) is 6.05. The van der Waals surface area contributed by atoms with Gasteiger partial charge in [0.15, 0.2) is 0 Å². The van der Waals surface area contributed by atoms with Gasteiger partial charge in [-0.3, -0.25) is 4.79 Å². The monoisotopic (exact) mass is 580 g/mol. The molecule has 8 nitrogen and oxygen atoms in total. The number of hydrogen-bond acceptors (Lipinski definition) is 7. The largest absolute Gasteiger partial charge is 0.382 e. The van der Waals surface area contributed by atoms with E-state index >= 15 is 0 Å². The van der Waals surface area contributed by atoms with Crippen LogP contribution in [0.25, 0.3) is 11.3 Å². The molecule has 2 unspecified atom stereocenters.